The molecule has 2 aromatic heterocycles. The Morgan fingerprint density at radius 1 is 1.23 bits per heavy atom. The van der Waals surface area contributed by atoms with Gasteiger partial charge in [0.25, 0.3) is 0 Å². The van der Waals surface area contributed by atoms with Gasteiger partial charge in [-0.1, -0.05) is 17.7 Å². The summed E-state index contributed by atoms with van der Waals surface area (Å²) in [6, 6.07) is 11.4. The molecule has 0 bridgehead atoms. The maximum Gasteiger partial charge on any atom is 0.176 e. The van der Waals surface area contributed by atoms with Crippen molar-refractivity contribution < 1.29 is 5.11 Å². The van der Waals surface area contributed by atoms with Gasteiger partial charge in [-0.05, 0) is 30.3 Å². The summed E-state index contributed by atoms with van der Waals surface area (Å²) in [7, 11) is 0. The van der Waals surface area contributed by atoms with Crippen LogP contribution in [0.25, 0.3) is 5.69 Å². The van der Waals surface area contributed by atoms with E-state index in [0.29, 0.717) is 17.4 Å². The van der Waals surface area contributed by atoms with E-state index < -0.39 is 0 Å². The first kappa shape index (κ1) is 13.2. The molecule has 3 aromatic rings. The highest BCUT2D eigenvalue weighted by Gasteiger charge is 2.26. The Hall–Kier alpha value is -2.44. The number of benzene rings is 1. The molecule has 1 N–H and O–H groups in total. The van der Waals surface area contributed by atoms with Crippen molar-refractivity contribution in [1.29, 1.82) is 0 Å². The fraction of sp³-hybridized carbons (Fsp3) is 0.133. The van der Waals surface area contributed by atoms with Gasteiger partial charge >= 0.3 is 0 Å². The van der Waals surface area contributed by atoms with E-state index in [1.165, 1.54) is 0 Å². The predicted molar refractivity (Wildman–Crippen MR) is 82.4 cm³/mol. The van der Waals surface area contributed by atoms with Gasteiger partial charge in [0.1, 0.15) is 12.3 Å². The largest absolute Gasteiger partial charge is 0.388 e. The highest BCUT2D eigenvalue weighted by Crippen LogP contribution is 2.35. The minimum atomic E-state index is -0.188. The Morgan fingerprint density at radius 2 is 2.14 bits per heavy atom. The third-order valence-corrected chi connectivity index (χ3v) is 3.76. The first-order valence-electron chi connectivity index (χ1n) is 6.80. The van der Waals surface area contributed by atoms with Crippen molar-refractivity contribution in [2.24, 2.45) is 0 Å². The summed E-state index contributed by atoms with van der Waals surface area (Å²) >= 11 is 6.10. The highest BCUT2D eigenvalue weighted by molar-refractivity contribution is 6.30. The molecule has 0 spiro atoms. The summed E-state index contributed by atoms with van der Waals surface area (Å²) in [6.07, 6.45) is 1.74. The van der Waals surface area contributed by atoms with Gasteiger partial charge < -0.3 is 10.0 Å². The zero-order valence-corrected chi connectivity index (χ0v) is 12.3. The van der Waals surface area contributed by atoms with Gasteiger partial charge in [-0.25, -0.2) is 14.6 Å². The molecule has 7 heteroatoms. The number of pyridine rings is 1. The van der Waals surface area contributed by atoms with Crippen LogP contribution in [0.5, 0.6) is 0 Å². The zero-order valence-electron chi connectivity index (χ0n) is 11.5. The van der Waals surface area contributed by atoms with E-state index in [9.17, 15) is 5.11 Å². The molecule has 0 amide bonds. The molecule has 1 aliphatic heterocycles. The minimum absolute atomic E-state index is 0.188. The lowest BCUT2D eigenvalue weighted by atomic mass is 10.2. The van der Waals surface area contributed by atoms with Crippen molar-refractivity contribution in [2.45, 2.75) is 13.2 Å². The van der Waals surface area contributed by atoms with Crippen molar-refractivity contribution in [3.8, 4) is 5.69 Å². The summed E-state index contributed by atoms with van der Waals surface area (Å²) in [5.41, 5.74) is 1.77. The van der Waals surface area contributed by atoms with Gasteiger partial charge in [0.05, 0.1) is 6.54 Å². The number of aliphatic hydroxyl groups is 1. The molecule has 6 nitrogen and oxygen atoms in total. The lowest BCUT2D eigenvalue weighted by Crippen LogP contribution is -2.27. The van der Waals surface area contributed by atoms with Crippen molar-refractivity contribution in [1.82, 2.24) is 19.7 Å². The SMILES string of the molecule is OCc1nc2n(n1)-c1cccnc1N(c1cccc(Cl)c1)C2. The molecule has 0 fully saturated rings. The van der Waals surface area contributed by atoms with Gasteiger partial charge in [0.2, 0.25) is 0 Å². The number of anilines is 2. The van der Waals surface area contributed by atoms with Crippen LogP contribution in [-0.2, 0) is 13.2 Å². The van der Waals surface area contributed by atoms with Crippen LogP contribution < -0.4 is 4.90 Å². The Balaban J connectivity index is 1.89. The number of nitrogens with zero attached hydrogens (tertiary/aromatic N) is 5. The Kier molecular flexibility index (Phi) is 3.06. The summed E-state index contributed by atoms with van der Waals surface area (Å²) in [6.45, 7) is 0.324. The van der Waals surface area contributed by atoms with Crippen LogP contribution in [0.1, 0.15) is 11.6 Å². The van der Waals surface area contributed by atoms with Crippen molar-refractivity contribution in [3.05, 3.63) is 59.3 Å². The zero-order chi connectivity index (χ0) is 15.1. The lowest BCUT2D eigenvalue weighted by Gasteiger charge is -2.29. The average molecular weight is 314 g/mol. The summed E-state index contributed by atoms with van der Waals surface area (Å²) in [4.78, 5) is 10.9. The van der Waals surface area contributed by atoms with Crippen LogP contribution in [0.3, 0.4) is 0 Å². The third-order valence-electron chi connectivity index (χ3n) is 3.53. The molecule has 0 radical (unpaired) electrons. The molecule has 1 aromatic carbocycles. The standard InChI is InChI=1S/C15H12ClN5O/c16-10-3-1-4-11(7-10)20-8-14-18-13(9-22)19-21(14)12-5-2-6-17-15(12)20/h1-7,22H,8-9H2. The smallest absolute Gasteiger partial charge is 0.176 e. The van der Waals surface area contributed by atoms with Crippen LogP contribution in [0.15, 0.2) is 42.6 Å². The number of hydrogen-bond acceptors (Lipinski definition) is 5. The van der Waals surface area contributed by atoms with Crippen LogP contribution in [0.4, 0.5) is 11.5 Å². The van der Waals surface area contributed by atoms with Gasteiger partial charge in [0.15, 0.2) is 17.5 Å². The van der Waals surface area contributed by atoms with E-state index in [1.807, 2.05) is 41.3 Å². The van der Waals surface area contributed by atoms with E-state index in [4.69, 9.17) is 11.6 Å². The molecule has 0 atom stereocenters. The third kappa shape index (κ3) is 2.04. The van der Waals surface area contributed by atoms with Crippen LogP contribution in [0.2, 0.25) is 5.02 Å². The van der Waals surface area contributed by atoms with E-state index in [0.717, 1.165) is 23.0 Å². The molecule has 0 saturated carbocycles. The van der Waals surface area contributed by atoms with Crippen LogP contribution >= 0.6 is 11.6 Å². The predicted octanol–water partition coefficient (Wildman–Crippen LogP) is 2.46. The first-order chi connectivity index (χ1) is 10.8. The van der Waals surface area contributed by atoms with E-state index in [-0.39, 0.29) is 6.61 Å². The second-order valence-corrected chi connectivity index (χ2v) is 5.36. The van der Waals surface area contributed by atoms with Crippen LogP contribution in [-0.4, -0.2) is 24.9 Å². The number of aliphatic hydroxyl groups excluding tert-OH is 1. The number of halogens is 1. The molecular weight excluding hydrogens is 302 g/mol. The van der Waals surface area contributed by atoms with Crippen molar-refractivity contribution in [3.63, 3.8) is 0 Å². The van der Waals surface area contributed by atoms with Gasteiger partial charge in [-0.2, -0.15) is 0 Å². The Labute approximate surface area is 131 Å². The number of fused-ring (bicyclic) bond motifs is 3. The number of hydrogen-bond donors (Lipinski definition) is 1. The van der Waals surface area contributed by atoms with Gasteiger partial charge in [-0.3, -0.25) is 0 Å². The van der Waals surface area contributed by atoms with Crippen molar-refractivity contribution in [2.75, 3.05) is 4.90 Å². The molecule has 0 saturated heterocycles. The fourth-order valence-electron chi connectivity index (χ4n) is 2.59. The molecule has 0 aliphatic carbocycles. The molecule has 0 unspecified atom stereocenters. The first-order valence-corrected chi connectivity index (χ1v) is 7.18. The maximum absolute atomic E-state index is 9.27. The molecule has 4 rings (SSSR count). The average Bonchev–Trinajstić information content (AvgIpc) is 2.97. The monoisotopic (exact) mass is 313 g/mol. The highest BCUT2D eigenvalue weighted by atomic mass is 35.5. The van der Waals surface area contributed by atoms with E-state index in [2.05, 4.69) is 15.1 Å². The lowest BCUT2D eigenvalue weighted by molar-refractivity contribution is 0.271. The molecule has 110 valence electrons. The molecular formula is C15H12ClN5O. The quantitative estimate of drug-likeness (QED) is 0.787. The van der Waals surface area contributed by atoms with Crippen LogP contribution in [0, 0.1) is 0 Å². The molecule has 22 heavy (non-hydrogen) atoms. The van der Waals surface area contributed by atoms with E-state index >= 15 is 0 Å². The minimum Gasteiger partial charge on any atom is -0.388 e. The van der Waals surface area contributed by atoms with Crippen molar-refractivity contribution >= 4 is 23.1 Å². The van der Waals surface area contributed by atoms with E-state index in [1.54, 1.807) is 10.9 Å². The summed E-state index contributed by atoms with van der Waals surface area (Å²) < 4.78 is 1.73. The number of aromatic nitrogens is 4. The Bertz CT molecular complexity index is 847. The second-order valence-electron chi connectivity index (χ2n) is 4.93. The Morgan fingerprint density at radius 3 is 2.95 bits per heavy atom. The number of rotatable bonds is 2. The topological polar surface area (TPSA) is 67.1 Å². The van der Waals surface area contributed by atoms with Gasteiger partial charge in [-0.15, -0.1) is 5.10 Å². The maximum atomic E-state index is 9.27. The fourth-order valence-corrected chi connectivity index (χ4v) is 2.77. The second kappa shape index (κ2) is 5.08. The summed E-state index contributed by atoms with van der Waals surface area (Å²) in [5, 5.41) is 14.3. The molecule has 1 aliphatic rings. The normalized spacial score (nSPS) is 12.9. The van der Waals surface area contributed by atoms with Gasteiger partial charge in [0, 0.05) is 16.9 Å². The molecule has 3 heterocycles. The summed E-state index contributed by atoms with van der Waals surface area (Å²) in [5.74, 6) is 1.94.